The highest BCUT2D eigenvalue weighted by atomic mass is 16.6. The molecule has 0 saturated heterocycles. The summed E-state index contributed by atoms with van der Waals surface area (Å²) >= 11 is 0. The second-order valence-electron chi connectivity index (χ2n) is 17.6. The van der Waals surface area contributed by atoms with Crippen LogP contribution < -0.4 is 11.1 Å². The normalized spacial score (nSPS) is 19.2. The van der Waals surface area contributed by atoms with Gasteiger partial charge in [0.2, 0.25) is 0 Å². The van der Waals surface area contributed by atoms with Crippen molar-refractivity contribution in [1.82, 2.24) is 0 Å². The van der Waals surface area contributed by atoms with Crippen LogP contribution in [-0.4, -0.2) is 39.4 Å². The minimum absolute atomic E-state index is 0.0795. The molecule has 0 saturated carbocycles. The van der Waals surface area contributed by atoms with Crippen LogP contribution in [0.5, 0.6) is 0 Å². The molecule has 346 valence electrons. The lowest BCUT2D eigenvalue weighted by atomic mass is 9.81. The van der Waals surface area contributed by atoms with Gasteiger partial charge in [0, 0.05) is 36.1 Å². The average Bonchev–Trinajstić information content (AvgIpc) is 3.30. The summed E-state index contributed by atoms with van der Waals surface area (Å²) in [5.74, 6) is -1.37. The van der Waals surface area contributed by atoms with E-state index in [1.165, 1.54) is 11.1 Å². The molecule has 2 heterocycles. The second kappa shape index (κ2) is 22.9. The predicted octanol–water partition coefficient (Wildman–Crippen LogP) is 12.8. The molecular formula is C56H64N2O8. The van der Waals surface area contributed by atoms with E-state index in [0.29, 0.717) is 49.1 Å². The number of anilines is 2. The summed E-state index contributed by atoms with van der Waals surface area (Å²) in [5.41, 5.74) is 11.2. The number of esters is 2. The average molecular weight is 893 g/mol. The number of carbonyl (C=O) groups is 3. The van der Waals surface area contributed by atoms with E-state index in [4.69, 9.17) is 19.9 Å². The summed E-state index contributed by atoms with van der Waals surface area (Å²) in [4.78, 5) is 38.5. The Morgan fingerprint density at radius 2 is 1.06 bits per heavy atom. The first-order valence-electron chi connectivity index (χ1n) is 23.1. The summed E-state index contributed by atoms with van der Waals surface area (Å²) in [7, 11) is 0. The number of aliphatic hydroxyl groups is 2. The van der Waals surface area contributed by atoms with E-state index in [1.807, 2.05) is 105 Å². The van der Waals surface area contributed by atoms with E-state index in [1.54, 1.807) is 24.3 Å². The Morgan fingerprint density at radius 1 is 0.621 bits per heavy atom. The molecule has 0 aromatic heterocycles. The number of nitrogen functional groups attached to an aromatic ring is 1. The SMILES string of the molecule is CCCC1(CCc2ccccc2)CC(O)=C(C(C)c2cccc(N)c2)C(=O)O1.CCCC1(CCc2ccccc2)CC(O)=C(C(C)c2cccc(NC(=O)OCc3ccccc3)c2)C(=O)O1. The van der Waals surface area contributed by atoms with Crippen molar-refractivity contribution >= 4 is 29.4 Å². The fourth-order valence-electron chi connectivity index (χ4n) is 9.14. The van der Waals surface area contributed by atoms with E-state index in [-0.39, 0.29) is 29.6 Å². The van der Waals surface area contributed by atoms with Gasteiger partial charge < -0.3 is 30.2 Å². The molecule has 10 heteroatoms. The molecule has 4 atom stereocenters. The summed E-state index contributed by atoms with van der Waals surface area (Å²) < 4.78 is 17.4. The number of ether oxygens (including phenoxy) is 3. The van der Waals surface area contributed by atoms with Gasteiger partial charge in [0.25, 0.3) is 0 Å². The van der Waals surface area contributed by atoms with Crippen molar-refractivity contribution in [2.24, 2.45) is 0 Å². The Morgan fingerprint density at radius 3 is 1.50 bits per heavy atom. The van der Waals surface area contributed by atoms with Crippen LogP contribution in [0.15, 0.2) is 162 Å². The zero-order valence-corrected chi connectivity index (χ0v) is 38.6. The summed E-state index contributed by atoms with van der Waals surface area (Å²) in [6, 6.07) is 44.3. The zero-order chi connectivity index (χ0) is 47.1. The van der Waals surface area contributed by atoms with E-state index >= 15 is 0 Å². The molecule has 0 spiro atoms. The van der Waals surface area contributed by atoms with Gasteiger partial charge in [0.15, 0.2) is 0 Å². The van der Waals surface area contributed by atoms with Gasteiger partial charge in [0.05, 0.1) is 11.1 Å². The summed E-state index contributed by atoms with van der Waals surface area (Å²) in [5, 5.41) is 24.7. The molecule has 10 nitrogen and oxygen atoms in total. The molecule has 5 N–H and O–H groups in total. The molecule has 7 rings (SSSR count). The standard InChI is InChI=1S/C32H35NO5.C24H29NO3/c1-3-18-32(19-17-24-11-6-4-7-12-24)21-28(34)29(30(35)38-32)23(2)26-15-10-16-27(20-26)33-31(36)37-22-25-13-8-5-9-14-25;1-3-13-24(14-12-18-8-5-4-6-9-18)16-21(26)22(23(27)28-24)17(2)19-10-7-11-20(25)15-19/h4-16,20,23,34H,3,17-19,21-22H2,1-2H3,(H,33,36);4-11,15,17,26H,3,12-14,16,25H2,1-2H3. The van der Waals surface area contributed by atoms with Gasteiger partial charge in [-0.2, -0.15) is 0 Å². The maximum absolute atomic E-state index is 13.3. The summed E-state index contributed by atoms with van der Waals surface area (Å²) in [6.45, 7) is 8.05. The third-order valence-electron chi connectivity index (χ3n) is 12.6. The van der Waals surface area contributed by atoms with Crippen molar-refractivity contribution in [2.75, 3.05) is 11.1 Å². The highest BCUT2D eigenvalue weighted by molar-refractivity contribution is 5.93. The second-order valence-corrected chi connectivity index (χ2v) is 17.6. The largest absolute Gasteiger partial charge is 0.512 e. The number of aliphatic hydroxyl groups excluding tert-OH is 2. The van der Waals surface area contributed by atoms with Gasteiger partial charge in [-0.05, 0) is 90.6 Å². The molecule has 4 unspecified atom stereocenters. The molecule has 0 bridgehead atoms. The van der Waals surface area contributed by atoms with Gasteiger partial charge in [0.1, 0.15) is 29.3 Å². The maximum Gasteiger partial charge on any atom is 0.411 e. The number of rotatable bonds is 17. The van der Waals surface area contributed by atoms with E-state index in [2.05, 4.69) is 43.4 Å². The number of benzene rings is 5. The number of nitrogens with two attached hydrogens (primary N) is 1. The number of carbonyl (C=O) groups excluding carboxylic acids is 3. The van der Waals surface area contributed by atoms with Gasteiger partial charge in [-0.25, -0.2) is 14.4 Å². The van der Waals surface area contributed by atoms with Crippen LogP contribution in [0.2, 0.25) is 0 Å². The van der Waals surface area contributed by atoms with Gasteiger partial charge in [-0.15, -0.1) is 0 Å². The van der Waals surface area contributed by atoms with Crippen LogP contribution >= 0.6 is 0 Å². The van der Waals surface area contributed by atoms with Crippen LogP contribution in [0, 0.1) is 0 Å². The number of amides is 1. The first-order chi connectivity index (χ1) is 31.8. The third-order valence-corrected chi connectivity index (χ3v) is 12.6. The van der Waals surface area contributed by atoms with E-state index in [9.17, 15) is 24.6 Å². The fraction of sp³-hybridized carbons (Fsp3) is 0.339. The molecule has 0 fully saturated rings. The lowest BCUT2D eigenvalue weighted by molar-refractivity contribution is -0.162. The first-order valence-corrected chi connectivity index (χ1v) is 23.1. The molecule has 2 aliphatic rings. The minimum atomic E-state index is -0.721. The number of nitrogens with one attached hydrogen (secondary N) is 1. The molecule has 0 aliphatic carbocycles. The molecule has 5 aromatic rings. The van der Waals surface area contributed by atoms with Crippen molar-refractivity contribution in [3.8, 4) is 0 Å². The third kappa shape index (κ3) is 12.9. The van der Waals surface area contributed by atoms with Gasteiger partial charge >= 0.3 is 18.0 Å². The highest BCUT2D eigenvalue weighted by Crippen LogP contribution is 2.42. The molecule has 1 amide bonds. The van der Waals surface area contributed by atoms with Crippen LogP contribution in [0.4, 0.5) is 16.2 Å². The van der Waals surface area contributed by atoms with Gasteiger partial charge in [-0.3, -0.25) is 5.32 Å². The van der Waals surface area contributed by atoms with Gasteiger partial charge in [-0.1, -0.05) is 156 Å². The van der Waals surface area contributed by atoms with Crippen molar-refractivity contribution in [3.05, 3.63) is 190 Å². The Bertz CT molecular complexity index is 2470. The Balaban J connectivity index is 0.000000229. The van der Waals surface area contributed by atoms with Crippen LogP contribution in [-0.2, 0) is 43.2 Å². The minimum Gasteiger partial charge on any atom is -0.512 e. The van der Waals surface area contributed by atoms with Crippen LogP contribution in [0.3, 0.4) is 0 Å². The predicted molar refractivity (Wildman–Crippen MR) is 260 cm³/mol. The number of hydrogen-bond acceptors (Lipinski definition) is 9. The van der Waals surface area contributed by atoms with Crippen molar-refractivity contribution in [3.63, 3.8) is 0 Å². The quantitative estimate of drug-likeness (QED) is 0.0405. The zero-order valence-electron chi connectivity index (χ0n) is 38.6. The lowest BCUT2D eigenvalue weighted by Gasteiger charge is -2.38. The van der Waals surface area contributed by atoms with Crippen molar-refractivity contribution in [1.29, 1.82) is 0 Å². The molecule has 66 heavy (non-hydrogen) atoms. The number of cyclic esters (lactones) is 2. The maximum atomic E-state index is 13.3. The number of aryl methyl sites for hydroxylation is 2. The Kier molecular flexibility index (Phi) is 16.9. The Labute approximate surface area is 389 Å². The van der Waals surface area contributed by atoms with Crippen molar-refractivity contribution in [2.45, 2.75) is 122 Å². The fourth-order valence-corrected chi connectivity index (χ4v) is 9.14. The molecule has 5 aromatic carbocycles. The smallest absolute Gasteiger partial charge is 0.411 e. The van der Waals surface area contributed by atoms with E-state index in [0.717, 1.165) is 48.8 Å². The van der Waals surface area contributed by atoms with Crippen molar-refractivity contribution < 1.29 is 38.8 Å². The molecular weight excluding hydrogens is 829 g/mol. The highest BCUT2D eigenvalue weighted by Gasteiger charge is 2.44. The molecule has 2 aliphatic heterocycles. The lowest BCUT2D eigenvalue weighted by Crippen LogP contribution is -2.41. The monoisotopic (exact) mass is 892 g/mol. The molecule has 0 radical (unpaired) electrons. The summed E-state index contributed by atoms with van der Waals surface area (Å²) in [6.07, 6.45) is 6.14. The first kappa shape index (κ1) is 48.6. The Hall–Kier alpha value is -6.81. The van der Waals surface area contributed by atoms with E-state index < -0.39 is 35.2 Å². The van der Waals surface area contributed by atoms with Crippen LogP contribution in [0.25, 0.3) is 0 Å². The topological polar surface area (TPSA) is 157 Å². The number of hydrogen-bond donors (Lipinski definition) is 4. The van der Waals surface area contributed by atoms with Crippen LogP contribution in [0.1, 0.15) is 119 Å².